The van der Waals surface area contributed by atoms with Crippen LogP contribution in [0.1, 0.15) is 174 Å². The van der Waals surface area contributed by atoms with E-state index >= 15 is 0 Å². The minimum atomic E-state index is -4.14. The Balaban J connectivity index is 0.00000901. The molecule has 3 aromatic rings. The molecule has 0 aliphatic rings. The van der Waals surface area contributed by atoms with Gasteiger partial charge in [0.25, 0.3) is 0 Å². The molecule has 0 amide bonds. The number of hydrogen-bond acceptors (Lipinski definition) is 4. The maximum absolute atomic E-state index is 14.9. The predicted octanol–water partition coefficient (Wildman–Crippen LogP) is 12.4. The molecule has 52 heavy (non-hydrogen) atoms. The third-order valence-corrected chi connectivity index (χ3v) is 11.0. The summed E-state index contributed by atoms with van der Waals surface area (Å²) in [7, 11) is -4.14. The van der Waals surface area contributed by atoms with Gasteiger partial charge in [-0.15, -0.1) is 0 Å². The molecule has 0 heterocycles. The maximum atomic E-state index is 14.9. The smallest absolute Gasteiger partial charge is 1.00 e. The van der Waals surface area contributed by atoms with Crippen LogP contribution in [0.15, 0.2) is 72.8 Å². The Bertz CT molecular complexity index is 1200. The summed E-state index contributed by atoms with van der Waals surface area (Å²) in [5.74, 6) is 1.74. The number of rotatable bonds is 30. The Hall–Kier alpha value is -1.28. The molecule has 0 fully saturated rings. The van der Waals surface area contributed by atoms with Gasteiger partial charge in [-0.1, -0.05) is 191 Å². The van der Waals surface area contributed by atoms with Crippen LogP contribution in [0.3, 0.4) is 0 Å². The van der Waals surface area contributed by atoms with Gasteiger partial charge in [0.1, 0.15) is 17.2 Å². The van der Waals surface area contributed by atoms with Crippen LogP contribution in [-0.2, 0) is 23.8 Å². The fourth-order valence-corrected chi connectivity index (χ4v) is 8.00. The summed E-state index contributed by atoms with van der Waals surface area (Å²) in [5, 5.41) is 0. The summed E-state index contributed by atoms with van der Waals surface area (Å²) in [6.45, 7) is 6.77. The maximum Gasteiger partial charge on any atom is 1.00 e. The Morgan fingerprint density at radius 1 is 0.404 bits per heavy atom. The minimum absolute atomic E-state index is 0. The van der Waals surface area contributed by atoms with E-state index in [9.17, 15) is 4.57 Å². The molecule has 7 heteroatoms. The standard InChI is InChI=1S/C45H69O4P.Na.H3P.H/c1-4-7-10-13-16-19-22-31-40-34-25-28-37-43(40)47-50(46,48-44-38-29-26-35-41(44)32-23-20-17-14-11-8-5-2)49-45-39-30-27-36-42(45)33-24-21-18-15-12-9-6-3;;;/h25-30,34-39H,4-24,31-33H2,1-3H3;;1H3;/q;+1;;-1. The van der Waals surface area contributed by atoms with Crippen LogP contribution < -0.4 is 43.1 Å². The van der Waals surface area contributed by atoms with E-state index in [2.05, 4.69) is 39.0 Å². The van der Waals surface area contributed by atoms with Gasteiger partial charge in [0.05, 0.1) is 0 Å². The second-order valence-electron chi connectivity index (χ2n) is 14.2. The van der Waals surface area contributed by atoms with Gasteiger partial charge in [-0.3, -0.25) is 0 Å². The summed E-state index contributed by atoms with van der Waals surface area (Å²) in [6.07, 6.45) is 28.7. The van der Waals surface area contributed by atoms with Gasteiger partial charge in [0, 0.05) is 0 Å². The molecule has 0 spiro atoms. The zero-order valence-electron chi connectivity index (χ0n) is 34.7. The van der Waals surface area contributed by atoms with Gasteiger partial charge in [0.2, 0.25) is 0 Å². The van der Waals surface area contributed by atoms with Gasteiger partial charge in [-0.2, -0.15) is 14.5 Å². The van der Waals surface area contributed by atoms with Crippen LogP contribution in [0.25, 0.3) is 0 Å². The van der Waals surface area contributed by atoms with E-state index in [1.807, 2.05) is 54.6 Å². The van der Waals surface area contributed by atoms with Crippen molar-refractivity contribution < 1.29 is 49.1 Å². The van der Waals surface area contributed by atoms with E-state index < -0.39 is 7.82 Å². The van der Waals surface area contributed by atoms with E-state index in [4.69, 9.17) is 13.6 Å². The first-order chi connectivity index (χ1) is 24.6. The molecule has 0 radical (unpaired) electrons. The summed E-state index contributed by atoms with van der Waals surface area (Å²) in [6, 6.07) is 23.9. The van der Waals surface area contributed by atoms with Crippen molar-refractivity contribution >= 4 is 17.7 Å². The molecule has 0 aromatic heterocycles. The second kappa shape index (κ2) is 31.0. The van der Waals surface area contributed by atoms with Crippen molar-refractivity contribution in [2.45, 2.75) is 175 Å². The van der Waals surface area contributed by atoms with E-state index in [1.165, 1.54) is 116 Å². The van der Waals surface area contributed by atoms with E-state index in [1.54, 1.807) is 0 Å². The summed E-state index contributed by atoms with van der Waals surface area (Å²) in [4.78, 5) is 0. The molecule has 3 aromatic carbocycles. The van der Waals surface area contributed by atoms with Crippen LogP contribution in [-0.4, -0.2) is 0 Å². The fraction of sp³-hybridized carbons (Fsp3) is 0.600. The first-order valence-corrected chi connectivity index (χ1v) is 22.0. The zero-order chi connectivity index (χ0) is 35.5. The topological polar surface area (TPSA) is 44.8 Å². The molecule has 0 saturated carbocycles. The molecule has 1 atom stereocenters. The first kappa shape index (κ1) is 48.7. The Kier molecular flexibility index (Phi) is 29.0. The summed E-state index contributed by atoms with van der Waals surface area (Å²) < 4.78 is 34.2. The molecular formula is C45H73NaO4P2. The third-order valence-electron chi connectivity index (χ3n) is 9.70. The summed E-state index contributed by atoms with van der Waals surface area (Å²) in [5.41, 5.74) is 3.13. The first-order valence-electron chi connectivity index (χ1n) is 20.5. The average molecular weight is 763 g/mol. The quantitative estimate of drug-likeness (QED) is 0.0385. The molecule has 1 unspecified atom stereocenters. The largest absolute Gasteiger partial charge is 1.00 e. The molecular weight excluding hydrogens is 689 g/mol. The molecule has 3 rings (SSSR count). The van der Waals surface area contributed by atoms with Crippen LogP contribution in [0.5, 0.6) is 17.2 Å². The number of phosphoric acid groups is 1. The number of hydrogen-bond donors (Lipinski definition) is 0. The monoisotopic (exact) mass is 762 g/mol. The zero-order valence-corrected chi connectivity index (χ0v) is 38.0. The van der Waals surface area contributed by atoms with Crippen LogP contribution in [0.4, 0.5) is 0 Å². The van der Waals surface area contributed by atoms with Gasteiger partial charge >= 0.3 is 37.4 Å². The Morgan fingerprint density at radius 3 is 0.904 bits per heavy atom. The molecule has 4 nitrogen and oxygen atoms in total. The van der Waals surface area contributed by atoms with Crippen LogP contribution >= 0.6 is 17.7 Å². The van der Waals surface area contributed by atoms with Gasteiger partial charge in [-0.05, 0) is 73.4 Å². The van der Waals surface area contributed by atoms with Crippen LogP contribution in [0.2, 0.25) is 0 Å². The number of para-hydroxylation sites is 3. The van der Waals surface area contributed by atoms with Crippen molar-refractivity contribution in [3.8, 4) is 17.2 Å². The normalized spacial score (nSPS) is 11.1. The summed E-state index contributed by atoms with van der Waals surface area (Å²) >= 11 is 0. The molecule has 288 valence electrons. The predicted molar refractivity (Wildman–Crippen MR) is 226 cm³/mol. The van der Waals surface area contributed by atoms with E-state index in [-0.39, 0.29) is 40.9 Å². The number of unbranched alkanes of at least 4 members (excludes halogenated alkanes) is 18. The molecule has 0 saturated heterocycles. The van der Waals surface area contributed by atoms with Gasteiger partial charge in [0.15, 0.2) is 0 Å². The molecule has 0 N–H and O–H groups in total. The van der Waals surface area contributed by atoms with Crippen molar-refractivity contribution in [2.75, 3.05) is 0 Å². The van der Waals surface area contributed by atoms with Crippen molar-refractivity contribution in [1.82, 2.24) is 0 Å². The minimum Gasteiger partial charge on any atom is -1.00 e. The Labute approximate surface area is 346 Å². The van der Waals surface area contributed by atoms with Gasteiger partial charge in [-0.25, -0.2) is 0 Å². The van der Waals surface area contributed by atoms with Crippen molar-refractivity contribution in [2.24, 2.45) is 0 Å². The SMILES string of the molecule is CCCCCCCCCc1ccccc1OP(=O)(Oc1ccccc1CCCCCCCCC)Oc1ccccc1CCCCCCCCC.P.[H-].[Na+]. The Morgan fingerprint density at radius 2 is 0.635 bits per heavy atom. The molecule has 0 aliphatic carbocycles. The van der Waals surface area contributed by atoms with Crippen molar-refractivity contribution in [3.63, 3.8) is 0 Å². The van der Waals surface area contributed by atoms with Crippen molar-refractivity contribution in [1.29, 1.82) is 0 Å². The number of aryl methyl sites for hydroxylation is 3. The van der Waals surface area contributed by atoms with E-state index in [0.717, 1.165) is 55.2 Å². The van der Waals surface area contributed by atoms with Crippen molar-refractivity contribution in [3.05, 3.63) is 89.5 Å². The van der Waals surface area contributed by atoms with Crippen LogP contribution in [0, 0.1) is 0 Å². The van der Waals surface area contributed by atoms with E-state index in [0.29, 0.717) is 17.2 Å². The fourth-order valence-electron chi connectivity index (χ4n) is 6.63. The van der Waals surface area contributed by atoms with Gasteiger partial charge < -0.3 is 15.0 Å². The number of benzene rings is 3. The molecule has 0 aliphatic heterocycles. The molecule has 0 bridgehead atoms. The second-order valence-corrected chi connectivity index (χ2v) is 15.6. The third kappa shape index (κ3) is 20.4. The number of phosphoric ester groups is 1. The average Bonchev–Trinajstić information content (AvgIpc) is 3.12.